The number of para-hydroxylation sites is 1. The third kappa shape index (κ3) is 9.48. The molecule has 0 bridgehead atoms. The third-order valence-corrected chi connectivity index (χ3v) is 6.27. The number of dihydropyridines is 1. The summed E-state index contributed by atoms with van der Waals surface area (Å²) in [5.74, 6) is -2.27. The van der Waals surface area contributed by atoms with Crippen molar-refractivity contribution in [3.8, 4) is 18.5 Å². The van der Waals surface area contributed by atoms with Crippen LogP contribution < -0.4 is 21.7 Å². The average Bonchev–Trinajstić information content (AvgIpc) is 3.64. The second-order valence-corrected chi connectivity index (χ2v) is 9.10. The van der Waals surface area contributed by atoms with Gasteiger partial charge in [-0.25, -0.2) is 17.9 Å². The molecular weight excluding hydrogens is 575 g/mol. The number of allylic oxidation sites excluding steroid dienone is 2. The highest BCUT2D eigenvalue weighted by atomic mass is 19.2. The number of benzene rings is 2. The zero-order chi connectivity index (χ0) is 32.6. The number of anilines is 1. The molecule has 0 saturated carbocycles. The minimum absolute atomic E-state index is 0.178. The van der Waals surface area contributed by atoms with Gasteiger partial charge in [0.2, 0.25) is 6.41 Å². The minimum atomic E-state index is -0.815. The topological polar surface area (TPSA) is 127 Å². The van der Waals surface area contributed by atoms with Crippen LogP contribution in [-0.2, 0) is 14.4 Å². The molecule has 2 amide bonds. The van der Waals surface area contributed by atoms with E-state index in [1.807, 2.05) is 56.3 Å². The number of nitrogens with two attached hydrogens (primary N) is 1. The van der Waals surface area contributed by atoms with Crippen LogP contribution in [0.3, 0.4) is 0 Å². The largest absolute Gasteiger partial charge is 0.374 e. The van der Waals surface area contributed by atoms with Gasteiger partial charge in [0.05, 0.1) is 24.0 Å². The predicted octanol–water partition coefficient (Wildman–Crippen LogP) is 3.46. The number of terminal acetylenes is 1. The molecule has 1 fully saturated rings. The summed E-state index contributed by atoms with van der Waals surface area (Å²) in [5.41, 5.74) is 8.04. The molecule has 44 heavy (non-hydrogen) atoms. The zero-order valence-corrected chi connectivity index (χ0v) is 24.7. The maximum Gasteiger partial charge on any atom is 0.267 e. The van der Waals surface area contributed by atoms with Gasteiger partial charge in [0.1, 0.15) is 11.5 Å². The molecule has 13 heteroatoms. The van der Waals surface area contributed by atoms with E-state index in [0.717, 1.165) is 42.3 Å². The molecule has 5 rings (SSSR count). The molecule has 2 aliphatic rings. The number of likely N-dealkylation sites (N-methyl/N-ethyl adjacent to an activating group) is 1. The molecule has 5 N–H and O–H groups in total. The maximum absolute atomic E-state index is 14.1. The Morgan fingerprint density at radius 2 is 1.75 bits per heavy atom. The fraction of sp³-hybridized carbons (Fsp3) is 0.258. The van der Waals surface area contributed by atoms with Crippen molar-refractivity contribution >= 4 is 23.7 Å². The summed E-state index contributed by atoms with van der Waals surface area (Å²) >= 11 is 0. The lowest BCUT2D eigenvalue weighted by Crippen LogP contribution is -2.32. The Kier molecular flexibility index (Phi) is 14.2. The molecule has 2 aliphatic heterocycles. The predicted molar refractivity (Wildman–Crippen MR) is 164 cm³/mol. The van der Waals surface area contributed by atoms with Crippen molar-refractivity contribution in [1.29, 1.82) is 0 Å². The number of nitrogens with one attached hydrogen (secondary N) is 3. The normalized spacial score (nSPS) is 15.5. The summed E-state index contributed by atoms with van der Waals surface area (Å²) < 4.78 is 39.7. The summed E-state index contributed by atoms with van der Waals surface area (Å²) in [6.07, 6.45) is 10.0. The van der Waals surface area contributed by atoms with Crippen molar-refractivity contribution in [1.82, 2.24) is 25.5 Å². The second kappa shape index (κ2) is 17.8. The van der Waals surface area contributed by atoms with Crippen LogP contribution in [0, 0.1) is 31.4 Å². The van der Waals surface area contributed by atoms with Gasteiger partial charge in [-0.2, -0.15) is 10.2 Å². The van der Waals surface area contributed by atoms with Crippen LogP contribution in [0.1, 0.15) is 18.2 Å². The first-order chi connectivity index (χ1) is 21.2. The van der Waals surface area contributed by atoms with Gasteiger partial charge in [-0.15, -0.1) is 12.8 Å². The second-order valence-electron chi connectivity index (χ2n) is 9.10. The number of aromatic nitrogens is 2. The van der Waals surface area contributed by atoms with E-state index in [1.54, 1.807) is 4.68 Å². The molecule has 234 valence electrons. The van der Waals surface area contributed by atoms with Gasteiger partial charge in [-0.3, -0.25) is 14.4 Å². The number of nitrogens with zero attached hydrogens (tertiary/aromatic N) is 3. The number of amides is 2. The number of halogens is 3. The van der Waals surface area contributed by atoms with Crippen molar-refractivity contribution in [3.63, 3.8) is 0 Å². The van der Waals surface area contributed by atoms with Gasteiger partial charge >= 0.3 is 0 Å². The first-order valence-electron chi connectivity index (χ1n) is 13.5. The van der Waals surface area contributed by atoms with E-state index in [9.17, 15) is 22.8 Å². The highest BCUT2D eigenvalue weighted by Crippen LogP contribution is 2.29. The lowest BCUT2D eigenvalue weighted by atomic mass is 10.0. The molecule has 0 radical (unpaired) electrons. The van der Waals surface area contributed by atoms with Crippen LogP contribution in [-0.4, -0.2) is 66.5 Å². The number of hydrogen-bond donors (Lipinski definition) is 4. The fourth-order valence-electron chi connectivity index (χ4n) is 4.15. The molecule has 0 aliphatic carbocycles. The Morgan fingerprint density at radius 3 is 2.23 bits per heavy atom. The molecule has 10 nitrogen and oxygen atoms in total. The van der Waals surface area contributed by atoms with Crippen LogP contribution in [0.25, 0.3) is 11.3 Å². The molecule has 1 unspecified atom stereocenters. The van der Waals surface area contributed by atoms with Crippen LogP contribution >= 0.6 is 0 Å². The van der Waals surface area contributed by atoms with Gasteiger partial charge in [0, 0.05) is 37.8 Å². The quantitative estimate of drug-likeness (QED) is 0.238. The molecule has 1 atom stereocenters. The average molecular weight is 612 g/mol. The smallest absolute Gasteiger partial charge is 0.267 e. The highest BCUT2D eigenvalue weighted by Gasteiger charge is 2.23. The Morgan fingerprint density at radius 1 is 1.14 bits per heavy atom. The van der Waals surface area contributed by atoms with Crippen molar-refractivity contribution in [2.45, 2.75) is 19.9 Å². The third-order valence-electron chi connectivity index (χ3n) is 6.27. The van der Waals surface area contributed by atoms with Gasteiger partial charge < -0.3 is 21.7 Å². The molecule has 3 aromatic rings. The van der Waals surface area contributed by atoms with E-state index in [1.165, 1.54) is 18.2 Å². The van der Waals surface area contributed by atoms with E-state index < -0.39 is 23.4 Å². The molecule has 2 aromatic carbocycles. The van der Waals surface area contributed by atoms with Crippen LogP contribution in [0.4, 0.5) is 19.0 Å². The Bertz CT molecular complexity index is 1450. The SMILES string of the molecule is C#C.CCN1CC(NC=O)CO1.CNc1c(C)c(C2=CC(F)=C(C(N)=O)NC2)nn1-c1ccccc1.Fc1ccccc1F. The number of carbonyl (C=O) groups is 2. The monoisotopic (exact) mass is 611 g/mol. The molecule has 1 saturated heterocycles. The van der Waals surface area contributed by atoms with E-state index in [2.05, 4.69) is 33.9 Å². The highest BCUT2D eigenvalue weighted by molar-refractivity contribution is 5.94. The van der Waals surface area contributed by atoms with Crippen molar-refractivity contribution in [3.05, 3.63) is 95.1 Å². The maximum atomic E-state index is 14.1. The van der Waals surface area contributed by atoms with Crippen molar-refractivity contribution in [2.75, 3.05) is 38.6 Å². The van der Waals surface area contributed by atoms with Crippen LogP contribution in [0.15, 0.2) is 72.2 Å². The fourth-order valence-corrected chi connectivity index (χ4v) is 4.15. The first-order valence-corrected chi connectivity index (χ1v) is 13.5. The summed E-state index contributed by atoms with van der Waals surface area (Å²) in [6.45, 7) is 6.49. The number of carbonyl (C=O) groups excluding carboxylic acids is 2. The van der Waals surface area contributed by atoms with E-state index >= 15 is 0 Å². The molecule has 3 heterocycles. The summed E-state index contributed by atoms with van der Waals surface area (Å²) in [7, 11) is 1.81. The lowest BCUT2D eigenvalue weighted by Gasteiger charge is -2.15. The molecule has 1 aromatic heterocycles. The van der Waals surface area contributed by atoms with E-state index in [4.69, 9.17) is 10.6 Å². The Hall–Kier alpha value is -5.06. The van der Waals surface area contributed by atoms with Gasteiger partial charge in [0.15, 0.2) is 17.5 Å². The standard InChI is InChI=1S/C17H18FN5O.C6H4F2.C6H12N2O2.C2H2/c1-10-14(11-8-13(18)15(16(19)24)21-9-11)22-23(17(10)20-2)12-6-4-3-5-7-12;7-5-3-1-2-4-6(5)8;1-2-8-3-6(4-10-8)7-5-9;1-2/h3-8,20-21H,9H2,1-2H3,(H2,19,24);1-4H;5-6H,2-4H2,1H3,(H,7,9);1-2H. The van der Waals surface area contributed by atoms with E-state index in [-0.39, 0.29) is 18.3 Å². The molecular formula is C31H36F3N7O3. The minimum Gasteiger partial charge on any atom is -0.374 e. The summed E-state index contributed by atoms with van der Waals surface area (Å²) in [5, 5.41) is 15.0. The van der Waals surface area contributed by atoms with E-state index in [0.29, 0.717) is 24.3 Å². The van der Waals surface area contributed by atoms with Crippen LogP contribution in [0.2, 0.25) is 0 Å². The summed E-state index contributed by atoms with van der Waals surface area (Å²) in [6, 6.07) is 14.9. The van der Waals surface area contributed by atoms with Gasteiger partial charge in [-0.1, -0.05) is 37.3 Å². The first kappa shape index (κ1) is 35.1. The van der Waals surface area contributed by atoms with Crippen molar-refractivity contribution in [2.24, 2.45) is 5.73 Å². The Labute approximate surface area is 254 Å². The number of rotatable bonds is 7. The van der Waals surface area contributed by atoms with Crippen molar-refractivity contribution < 1.29 is 27.6 Å². The number of hydroxylamine groups is 2. The summed E-state index contributed by atoms with van der Waals surface area (Å²) in [4.78, 5) is 26.3. The number of primary amides is 1. The zero-order valence-electron chi connectivity index (χ0n) is 24.7. The number of hydrogen-bond acceptors (Lipinski definition) is 7. The van der Waals surface area contributed by atoms with Gasteiger partial charge in [0.25, 0.3) is 5.91 Å². The van der Waals surface area contributed by atoms with Gasteiger partial charge in [-0.05, 0) is 37.3 Å². The van der Waals surface area contributed by atoms with Crippen LogP contribution in [0.5, 0.6) is 0 Å². The molecule has 0 spiro atoms. The Balaban J connectivity index is 0.000000276. The lowest BCUT2D eigenvalue weighted by molar-refractivity contribution is -0.115.